The van der Waals surface area contributed by atoms with Gasteiger partial charge in [-0.2, -0.15) is 0 Å². The summed E-state index contributed by atoms with van der Waals surface area (Å²) in [6.07, 6.45) is 3.95. The molecule has 4 nitrogen and oxygen atoms in total. The Morgan fingerprint density at radius 2 is 1.89 bits per heavy atom. The van der Waals surface area contributed by atoms with Crippen molar-refractivity contribution < 1.29 is 9.90 Å². The van der Waals surface area contributed by atoms with Crippen LogP contribution in [0.4, 0.5) is 0 Å². The summed E-state index contributed by atoms with van der Waals surface area (Å²) in [5.41, 5.74) is 2.59. The normalized spacial score (nSPS) is 10.2. The summed E-state index contributed by atoms with van der Waals surface area (Å²) >= 11 is 0. The lowest BCUT2D eigenvalue weighted by Crippen LogP contribution is -2.25. The Hall–Kier alpha value is -2.20. The van der Waals surface area contributed by atoms with Gasteiger partial charge in [0.1, 0.15) is 0 Å². The number of carbonyl (C=O) groups is 1. The molecule has 0 saturated carbocycles. The number of rotatable bonds is 5. The number of carbonyl (C=O) groups excluding carboxylic acids is 1. The number of amides is 1. The molecular formula is C15H16N2O2. The van der Waals surface area contributed by atoms with E-state index >= 15 is 0 Å². The summed E-state index contributed by atoms with van der Waals surface area (Å²) in [6, 6.07) is 11.2. The summed E-state index contributed by atoms with van der Waals surface area (Å²) in [5, 5.41) is 11.8. The number of aromatic nitrogens is 1. The third-order valence-corrected chi connectivity index (χ3v) is 2.83. The first-order valence-electron chi connectivity index (χ1n) is 6.16. The molecule has 0 unspecified atom stereocenters. The minimum Gasteiger partial charge on any atom is -0.392 e. The number of pyridine rings is 1. The molecule has 0 spiro atoms. The Morgan fingerprint density at radius 3 is 2.53 bits per heavy atom. The second-order valence-corrected chi connectivity index (χ2v) is 4.22. The lowest BCUT2D eigenvalue weighted by atomic mass is 10.1. The van der Waals surface area contributed by atoms with Crippen molar-refractivity contribution in [2.75, 3.05) is 6.54 Å². The van der Waals surface area contributed by atoms with Gasteiger partial charge in [-0.1, -0.05) is 24.3 Å². The highest BCUT2D eigenvalue weighted by atomic mass is 16.3. The molecule has 0 fully saturated rings. The molecular weight excluding hydrogens is 240 g/mol. The summed E-state index contributed by atoms with van der Waals surface area (Å²) in [7, 11) is 0. The van der Waals surface area contributed by atoms with Crippen molar-refractivity contribution in [2.45, 2.75) is 13.0 Å². The van der Waals surface area contributed by atoms with E-state index in [4.69, 9.17) is 5.11 Å². The molecule has 0 radical (unpaired) electrons. The molecule has 2 aromatic rings. The van der Waals surface area contributed by atoms with Crippen LogP contribution in [-0.4, -0.2) is 22.5 Å². The van der Waals surface area contributed by atoms with E-state index in [1.165, 1.54) is 0 Å². The second kappa shape index (κ2) is 6.66. The zero-order valence-electron chi connectivity index (χ0n) is 10.5. The van der Waals surface area contributed by atoms with Crippen LogP contribution in [-0.2, 0) is 13.0 Å². The van der Waals surface area contributed by atoms with Gasteiger partial charge >= 0.3 is 0 Å². The summed E-state index contributed by atoms with van der Waals surface area (Å²) in [4.78, 5) is 15.7. The lowest BCUT2D eigenvalue weighted by molar-refractivity contribution is 0.0954. The van der Waals surface area contributed by atoms with Gasteiger partial charge in [-0.05, 0) is 29.7 Å². The number of nitrogens with zero attached hydrogens (tertiary/aromatic N) is 1. The van der Waals surface area contributed by atoms with Gasteiger partial charge in [-0.3, -0.25) is 9.78 Å². The van der Waals surface area contributed by atoms with Crippen LogP contribution in [0.1, 0.15) is 21.5 Å². The van der Waals surface area contributed by atoms with Gasteiger partial charge in [-0.25, -0.2) is 0 Å². The predicted octanol–water partition coefficient (Wildman–Crippen LogP) is 1.55. The summed E-state index contributed by atoms with van der Waals surface area (Å²) in [5.74, 6) is -0.111. The van der Waals surface area contributed by atoms with Crippen LogP contribution in [0.3, 0.4) is 0 Å². The molecule has 98 valence electrons. The zero-order valence-corrected chi connectivity index (χ0v) is 10.5. The molecule has 2 N–H and O–H groups in total. The van der Waals surface area contributed by atoms with Crippen molar-refractivity contribution in [3.8, 4) is 0 Å². The molecule has 0 aliphatic rings. The summed E-state index contributed by atoms with van der Waals surface area (Å²) in [6.45, 7) is 0.629. The fraction of sp³-hybridized carbons (Fsp3) is 0.200. The SMILES string of the molecule is O=C(NCCc1ccc(CO)cc1)c1cccnc1. The van der Waals surface area contributed by atoms with Crippen LogP contribution in [0, 0.1) is 0 Å². The van der Waals surface area contributed by atoms with Crippen molar-refractivity contribution in [1.29, 1.82) is 0 Å². The summed E-state index contributed by atoms with van der Waals surface area (Å²) < 4.78 is 0. The first-order valence-corrected chi connectivity index (χ1v) is 6.16. The fourth-order valence-corrected chi connectivity index (χ4v) is 1.73. The van der Waals surface area contributed by atoms with Crippen LogP contribution in [0.5, 0.6) is 0 Å². The van der Waals surface area contributed by atoms with Gasteiger partial charge < -0.3 is 10.4 Å². The fourth-order valence-electron chi connectivity index (χ4n) is 1.73. The third kappa shape index (κ3) is 3.89. The first-order chi connectivity index (χ1) is 9.29. The van der Waals surface area contributed by atoms with Crippen molar-refractivity contribution in [2.24, 2.45) is 0 Å². The quantitative estimate of drug-likeness (QED) is 0.853. The molecule has 0 bridgehead atoms. The third-order valence-electron chi connectivity index (χ3n) is 2.83. The number of hydrogen-bond donors (Lipinski definition) is 2. The highest BCUT2D eigenvalue weighted by molar-refractivity contribution is 5.93. The average Bonchev–Trinajstić information content (AvgIpc) is 2.49. The Labute approximate surface area is 112 Å². The van der Waals surface area contributed by atoms with Crippen LogP contribution in [0.15, 0.2) is 48.8 Å². The number of aliphatic hydroxyl groups excluding tert-OH is 1. The van der Waals surface area contributed by atoms with E-state index < -0.39 is 0 Å². The molecule has 4 heteroatoms. The molecule has 0 atom stereocenters. The van der Waals surface area contributed by atoms with Gasteiger partial charge in [0.25, 0.3) is 5.91 Å². The maximum atomic E-state index is 11.8. The highest BCUT2D eigenvalue weighted by Crippen LogP contribution is 2.04. The smallest absolute Gasteiger partial charge is 0.252 e. The highest BCUT2D eigenvalue weighted by Gasteiger charge is 2.03. The molecule has 1 aromatic carbocycles. The molecule has 0 aliphatic carbocycles. The molecule has 0 aliphatic heterocycles. The van der Waals surface area contributed by atoms with E-state index in [1.807, 2.05) is 24.3 Å². The van der Waals surface area contributed by atoms with Crippen LogP contribution < -0.4 is 5.32 Å². The standard InChI is InChI=1S/C15H16N2O2/c18-11-13-5-3-12(4-6-13)7-9-17-15(19)14-2-1-8-16-10-14/h1-6,8,10,18H,7,9,11H2,(H,17,19). The molecule has 19 heavy (non-hydrogen) atoms. The monoisotopic (exact) mass is 256 g/mol. The first kappa shape index (κ1) is 13.2. The maximum Gasteiger partial charge on any atom is 0.252 e. The molecule has 1 aromatic heterocycles. The Morgan fingerprint density at radius 1 is 1.16 bits per heavy atom. The van der Waals surface area contributed by atoms with E-state index in [1.54, 1.807) is 24.5 Å². The topological polar surface area (TPSA) is 62.2 Å². The maximum absolute atomic E-state index is 11.8. The second-order valence-electron chi connectivity index (χ2n) is 4.22. The minimum absolute atomic E-state index is 0.0536. The Bertz CT molecular complexity index is 524. The Balaban J connectivity index is 1.81. The zero-order chi connectivity index (χ0) is 13.5. The number of hydrogen-bond acceptors (Lipinski definition) is 3. The molecule has 1 amide bonds. The number of benzene rings is 1. The van der Waals surface area contributed by atoms with Gasteiger partial charge in [0.2, 0.25) is 0 Å². The van der Waals surface area contributed by atoms with E-state index in [2.05, 4.69) is 10.3 Å². The average molecular weight is 256 g/mol. The van der Waals surface area contributed by atoms with Crippen LogP contribution in [0.25, 0.3) is 0 Å². The molecule has 1 heterocycles. The van der Waals surface area contributed by atoms with Crippen molar-refractivity contribution in [1.82, 2.24) is 10.3 Å². The van der Waals surface area contributed by atoms with Crippen molar-refractivity contribution in [3.05, 3.63) is 65.5 Å². The van der Waals surface area contributed by atoms with Gasteiger partial charge in [0.15, 0.2) is 0 Å². The molecule has 0 saturated heterocycles. The van der Waals surface area contributed by atoms with Crippen molar-refractivity contribution in [3.63, 3.8) is 0 Å². The largest absolute Gasteiger partial charge is 0.392 e. The van der Waals surface area contributed by atoms with Crippen LogP contribution >= 0.6 is 0 Å². The van der Waals surface area contributed by atoms with E-state index in [0.29, 0.717) is 12.1 Å². The van der Waals surface area contributed by atoms with Gasteiger partial charge in [-0.15, -0.1) is 0 Å². The van der Waals surface area contributed by atoms with E-state index in [0.717, 1.165) is 17.5 Å². The lowest BCUT2D eigenvalue weighted by Gasteiger charge is -2.05. The van der Waals surface area contributed by atoms with Crippen LogP contribution in [0.2, 0.25) is 0 Å². The Kier molecular flexibility index (Phi) is 4.64. The van der Waals surface area contributed by atoms with Gasteiger partial charge in [0, 0.05) is 18.9 Å². The number of aliphatic hydroxyl groups is 1. The minimum atomic E-state index is -0.111. The van der Waals surface area contributed by atoms with Gasteiger partial charge in [0.05, 0.1) is 12.2 Å². The van der Waals surface area contributed by atoms with Crippen molar-refractivity contribution >= 4 is 5.91 Å². The number of nitrogens with one attached hydrogen (secondary N) is 1. The van der Waals surface area contributed by atoms with E-state index in [-0.39, 0.29) is 12.5 Å². The predicted molar refractivity (Wildman–Crippen MR) is 72.6 cm³/mol. The molecule has 2 rings (SSSR count). The van der Waals surface area contributed by atoms with E-state index in [9.17, 15) is 4.79 Å².